The quantitative estimate of drug-likeness (QED) is 0.233. The first kappa shape index (κ1) is 23.7. The van der Waals surface area contributed by atoms with Crippen molar-refractivity contribution in [2.24, 2.45) is 0 Å². The number of carboxylic acids is 2. The predicted octanol–water partition coefficient (Wildman–Crippen LogP) is 0.718. The maximum Gasteiger partial charge on any atom is 0.346 e. The lowest BCUT2D eigenvalue weighted by Crippen LogP contribution is -2.19. The zero-order valence-electron chi connectivity index (χ0n) is 17.5. The summed E-state index contributed by atoms with van der Waals surface area (Å²) in [6.07, 6.45) is 0. The molecule has 0 saturated carbocycles. The average Bonchev–Trinajstić information content (AvgIpc) is 3.27. The summed E-state index contributed by atoms with van der Waals surface area (Å²) >= 11 is 0. The molecule has 2 aliphatic rings. The van der Waals surface area contributed by atoms with Crippen molar-refractivity contribution in [1.82, 2.24) is 0 Å². The molecule has 0 radical (unpaired) electrons. The van der Waals surface area contributed by atoms with E-state index in [1.165, 1.54) is 0 Å². The third-order valence-electron chi connectivity index (χ3n) is 5.02. The first-order chi connectivity index (χ1) is 17.0. The number of hydrogen-bond donors (Lipinski definition) is 2. The summed E-state index contributed by atoms with van der Waals surface area (Å²) in [5, 5.41) is 18.6. The van der Waals surface area contributed by atoms with Gasteiger partial charge >= 0.3 is 47.8 Å². The molecule has 0 atom stereocenters. The van der Waals surface area contributed by atoms with Crippen molar-refractivity contribution in [3.8, 4) is 0 Å². The minimum atomic E-state index is -1.60. The normalized spacial score (nSPS) is 13.4. The molecule has 0 fully saturated rings. The molecular weight excluding hydrogens is 488 g/mol. The van der Waals surface area contributed by atoms with Crippen LogP contribution >= 0.6 is 0 Å². The van der Waals surface area contributed by atoms with Crippen LogP contribution < -0.4 is 0 Å². The van der Waals surface area contributed by atoms with Crippen LogP contribution in [0.1, 0.15) is 82.9 Å². The van der Waals surface area contributed by atoms with Crippen molar-refractivity contribution in [1.29, 1.82) is 0 Å². The van der Waals surface area contributed by atoms with Crippen molar-refractivity contribution in [3.05, 3.63) is 68.8 Å². The zero-order valence-corrected chi connectivity index (χ0v) is 17.5. The van der Waals surface area contributed by atoms with Gasteiger partial charge in [-0.2, -0.15) is 0 Å². The first-order valence-corrected chi connectivity index (χ1v) is 9.69. The lowest BCUT2D eigenvalue weighted by atomic mass is 9.99. The second-order valence-corrected chi connectivity index (χ2v) is 7.12. The van der Waals surface area contributed by atoms with Gasteiger partial charge in [0.1, 0.15) is 13.2 Å². The van der Waals surface area contributed by atoms with E-state index in [0.29, 0.717) is 0 Å². The molecule has 2 aliphatic heterocycles. The van der Waals surface area contributed by atoms with Crippen LogP contribution in [0.5, 0.6) is 0 Å². The molecule has 0 aliphatic carbocycles. The minimum Gasteiger partial charge on any atom is -0.478 e. The number of ether oxygens (including phenoxy) is 4. The summed E-state index contributed by atoms with van der Waals surface area (Å²) in [7, 11) is 0. The fourth-order valence-electron chi connectivity index (χ4n) is 3.38. The van der Waals surface area contributed by atoms with E-state index < -0.39 is 83.2 Å². The molecule has 2 heterocycles. The Kier molecular flexibility index (Phi) is 5.77. The van der Waals surface area contributed by atoms with Gasteiger partial charge in [0.25, 0.3) is 0 Å². The molecule has 0 spiro atoms. The fraction of sp³-hybridized carbons (Fsp3) is 0.0909. The number of carboxylic acid groups (broad SMARTS) is 2. The van der Waals surface area contributed by atoms with E-state index in [2.05, 4.69) is 9.47 Å². The number of benzene rings is 2. The lowest BCUT2D eigenvalue weighted by Gasteiger charge is -2.10. The van der Waals surface area contributed by atoms with Crippen LogP contribution in [0.25, 0.3) is 0 Å². The molecule has 0 bridgehead atoms. The number of carbonyl (C=O) groups excluding carboxylic acids is 6. The molecule has 36 heavy (non-hydrogen) atoms. The summed E-state index contributed by atoms with van der Waals surface area (Å²) in [6, 6.07) is 3.23. The molecule has 0 unspecified atom stereocenters. The molecule has 0 aromatic heterocycles. The molecule has 2 aromatic carbocycles. The van der Waals surface area contributed by atoms with Gasteiger partial charge in [-0.15, -0.1) is 0 Å². The van der Waals surface area contributed by atoms with Gasteiger partial charge in [-0.25, -0.2) is 38.4 Å². The predicted molar refractivity (Wildman–Crippen MR) is 107 cm³/mol. The van der Waals surface area contributed by atoms with E-state index in [9.17, 15) is 48.6 Å². The Hall–Kier alpha value is -5.40. The highest BCUT2D eigenvalue weighted by Crippen LogP contribution is 2.26. The topological polar surface area (TPSA) is 214 Å². The van der Waals surface area contributed by atoms with Crippen molar-refractivity contribution in [2.45, 2.75) is 0 Å². The van der Waals surface area contributed by atoms with Crippen LogP contribution in [0.2, 0.25) is 0 Å². The maximum atomic E-state index is 12.4. The van der Waals surface area contributed by atoms with Crippen molar-refractivity contribution >= 4 is 47.8 Å². The summed E-state index contributed by atoms with van der Waals surface area (Å²) < 4.78 is 18.4. The highest BCUT2D eigenvalue weighted by molar-refractivity contribution is 6.18. The highest BCUT2D eigenvalue weighted by atomic mass is 16.6. The molecule has 14 heteroatoms. The van der Waals surface area contributed by atoms with E-state index in [-0.39, 0.29) is 22.3 Å². The number of hydrogen-bond acceptors (Lipinski definition) is 12. The number of carbonyl (C=O) groups is 8. The molecule has 14 nitrogen and oxygen atoms in total. The SMILES string of the molecule is O=C(O)c1cc2c(cc1C(=O)OCCOC(=O)c1cc3c(cc1C(=O)O)C(=O)OC3=O)C(=O)OC2=O. The molecule has 2 aromatic rings. The Morgan fingerprint density at radius 3 is 1.11 bits per heavy atom. The first-order valence-electron chi connectivity index (χ1n) is 9.69. The van der Waals surface area contributed by atoms with E-state index in [1.54, 1.807) is 0 Å². The Bertz CT molecular complexity index is 1340. The van der Waals surface area contributed by atoms with Gasteiger partial charge in [-0.3, -0.25) is 0 Å². The van der Waals surface area contributed by atoms with Crippen LogP contribution in [-0.4, -0.2) is 71.2 Å². The Labute approximate surface area is 197 Å². The molecule has 4 rings (SSSR count). The van der Waals surface area contributed by atoms with Crippen molar-refractivity contribution in [2.75, 3.05) is 13.2 Å². The molecular formula is C22H10O14. The van der Waals surface area contributed by atoms with Gasteiger partial charge in [-0.1, -0.05) is 0 Å². The molecule has 0 saturated heterocycles. The number of aromatic carboxylic acids is 2. The third-order valence-corrected chi connectivity index (χ3v) is 5.02. The Morgan fingerprint density at radius 1 is 0.556 bits per heavy atom. The van der Waals surface area contributed by atoms with E-state index in [1.807, 2.05) is 0 Å². The largest absolute Gasteiger partial charge is 0.478 e. The van der Waals surface area contributed by atoms with Gasteiger partial charge in [0.15, 0.2) is 0 Å². The second kappa shape index (κ2) is 8.75. The second-order valence-electron chi connectivity index (χ2n) is 7.12. The zero-order chi connectivity index (χ0) is 26.3. The summed E-state index contributed by atoms with van der Waals surface area (Å²) in [6.45, 7) is -1.25. The van der Waals surface area contributed by atoms with Crippen molar-refractivity contribution < 1.29 is 67.5 Å². The van der Waals surface area contributed by atoms with Crippen LogP contribution in [0.15, 0.2) is 24.3 Å². The van der Waals surface area contributed by atoms with Crippen LogP contribution in [0.4, 0.5) is 0 Å². The number of cyclic esters (lactones) is 4. The highest BCUT2D eigenvalue weighted by Gasteiger charge is 2.35. The van der Waals surface area contributed by atoms with Gasteiger partial charge in [0.05, 0.1) is 44.5 Å². The van der Waals surface area contributed by atoms with E-state index in [4.69, 9.17) is 9.47 Å². The van der Waals surface area contributed by atoms with Gasteiger partial charge in [0.2, 0.25) is 0 Å². The molecule has 2 N–H and O–H groups in total. The van der Waals surface area contributed by atoms with Crippen LogP contribution in [0.3, 0.4) is 0 Å². The Morgan fingerprint density at radius 2 is 0.833 bits per heavy atom. The van der Waals surface area contributed by atoms with Gasteiger partial charge < -0.3 is 29.2 Å². The van der Waals surface area contributed by atoms with Gasteiger partial charge in [0, 0.05) is 0 Å². The van der Waals surface area contributed by atoms with Crippen molar-refractivity contribution in [3.63, 3.8) is 0 Å². The van der Waals surface area contributed by atoms with E-state index in [0.717, 1.165) is 24.3 Å². The number of rotatable bonds is 7. The molecule has 182 valence electrons. The average molecular weight is 498 g/mol. The van der Waals surface area contributed by atoms with E-state index >= 15 is 0 Å². The standard InChI is InChI=1S/C22H10O14/c23-15(24)7-3-11-13(21(31)35-19(11)29)5-9(7)17(27)33-1-2-34-18(28)10-6-14-12(4-8(10)16(25)26)20(30)36-22(14)32/h3-6H,1-2H2,(H,23,24)(H,25,26). The molecule has 0 amide bonds. The van der Waals surface area contributed by atoms with Crippen LogP contribution in [0, 0.1) is 0 Å². The smallest absolute Gasteiger partial charge is 0.346 e. The fourth-order valence-corrected chi connectivity index (χ4v) is 3.38. The van der Waals surface area contributed by atoms with Crippen LogP contribution in [-0.2, 0) is 18.9 Å². The summed E-state index contributed by atoms with van der Waals surface area (Å²) in [5.74, 6) is -9.97. The maximum absolute atomic E-state index is 12.4. The Balaban J connectivity index is 1.46. The number of fused-ring (bicyclic) bond motifs is 2. The summed E-state index contributed by atoms with van der Waals surface area (Å²) in [5.41, 5.74) is -3.78. The monoisotopic (exact) mass is 498 g/mol. The summed E-state index contributed by atoms with van der Waals surface area (Å²) in [4.78, 5) is 94.4. The lowest BCUT2D eigenvalue weighted by molar-refractivity contribution is 0.0262. The minimum absolute atomic E-state index is 0.335. The third kappa shape index (κ3) is 4.02. The van der Waals surface area contributed by atoms with Gasteiger partial charge in [-0.05, 0) is 24.3 Å². The number of esters is 6.